The molecule has 2 heterocycles. The molecular formula is C24H26N2O4S. The van der Waals surface area contributed by atoms with Crippen LogP contribution in [0, 0.1) is 5.92 Å². The van der Waals surface area contributed by atoms with Gasteiger partial charge in [-0.2, -0.15) is 0 Å². The lowest BCUT2D eigenvalue weighted by Crippen LogP contribution is -2.17. The molecule has 6 nitrogen and oxygen atoms in total. The summed E-state index contributed by atoms with van der Waals surface area (Å²) in [6.45, 7) is 1.62. The standard InChI is InChI=1S/C24H26N2O4S/c1-3-31(28,29)25-17-11-16-12-18(10-15-8-9-15)30-23(16)21(13-17)22-14-26(2)24(27)20-7-5-4-6-19(20)22/h4-7,11,13-15,18,25H,3,8-10,12H2,1-2H3/t18-/m0/s1. The molecule has 0 bridgehead atoms. The third kappa shape index (κ3) is 3.82. The molecule has 0 spiro atoms. The summed E-state index contributed by atoms with van der Waals surface area (Å²) in [5.74, 6) is 1.54. The summed E-state index contributed by atoms with van der Waals surface area (Å²) in [4.78, 5) is 12.7. The van der Waals surface area contributed by atoms with E-state index in [-0.39, 0.29) is 17.4 Å². The molecule has 1 aromatic heterocycles. The third-order valence-corrected chi connectivity index (χ3v) is 7.53. The van der Waals surface area contributed by atoms with Crippen LogP contribution in [0.1, 0.15) is 31.7 Å². The first-order valence-electron chi connectivity index (χ1n) is 10.8. The van der Waals surface area contributed by atoms with Crippen molar-refractivity contribution in [1.29, 1.82) is 0 Å². The SMILES string of the molecule is CCS(=O)(=O)Nc1cc2c(c(-c3cn(C)c(=O)c4ccccc34)c1)O[C@@H](CC1CC1)C2. The van der Waals surface area contributed by atoms with Gasteiger partial charge in [0.15, 0.2) is 0 Å². The maximum atomic E-state index is 12.7. The maximum Gasteiger partial charge on any atom is 0.258 e. The summed E-state index contributed by atoms with van der Waals surface area (Å²) in [6.07, 6.45) is 6.24. The van der Waals surface area contributed by atoms with Gasteiger partial charge >= 0.3 is 0 Å². The summed E-state index contributed by atoms with van der Waals surface area (Å²) in [6, 6.07) is 11.2. The summed E-state index contributed by atoms with van der Waals surface area (Å²) >= 11 is 0. The number of nitrogens with zero attached hydrogens (tertiary/aromatic N) is 1. The minimum atomic E-state index is -3.41. The second-order valence-electron chi connectivity index (χ2n) is 8.65. The Kier molecular flexibility index (Phi) is 4.81. The smallest absolute Gasteiger partial charge is 0.258 e. The number of aryl methyl sites for hydroxylation is 1. The normalized spacial score (nSPS) is 18.1. The third-order valence-electron chi connectivity index (χ3n) is 6.23. The van der Waals surface area contributed by atoms with E-state index >= 15 is 0 Å². The van der Waals surface area contributed by atoms with Crippen LogP contribution in [0.25, 0.3) is 21.9 Å². The van der Waals surface area contributed by atoms with E-state index in [0.717, 1.165) is 46.6 Å². The van der Waals surface area contributed by atoms with Crippen LogP contribution in [0.15, 0.2) is 47.4 Å². The number of sulfonamides is 1. The number of anilines is 1. The van der Waals surface area contributed by atoms with Crippen molar-refractivity contribution in [1.82, 2.24) is 4.57 Å². The monoisotopic (exact) mass is 438 g/mol. The van der Waals surface area contributed by atoms with Gasteiger partial charge in [0.25, 0.3) is 5.56 Å². The van der Waals surface area contributed by atoms with Crippen molar-refractivity contribution in [3.63, 3.8) is 0 Å². The molecular weight excluding hydrogens is 412 g/mol. The van der Waals surface area contributed by atoms with E-state index in [2.05, 4.69) is 4.72 Å². The molecule has 1 fully saturated rings. The number of rotatable bonds is 6. The summed E-state index contributed by atoms with van der Waals surface area (Å²) in [7, 11) is -1.68. The summed E-state index contributed by atoms with van der Waals surface area (Å²) in [5.41, 5.74) is 3.15. The highest BCUT2D eigenvalue weighted by atomic mass is 32.2. The summed E-state index contributed by atoms with van der Waals surface area (Å²) in [5, 5.41) is 1.46. The first kappa shape index (κ1) is 20.1. The number of nitrogens with one attached hydrogen (secondary N) is 1. The number of benzene rings is 2. The number of pyridine rings is 1. The van der Waals surface area contributed by atoms with Gasteiger partial charge in [-0.15, -0.1) is 0 Å². The lowest BCUT2D eigenvalue weighted by atomic mass is 9.96. The number of fused-ring (bicyclic) bond motifs is 2. The van der Waals surface area contributed by atoms with E-state index in [0.29, 0.717) is 11.1 Å². The van der Waals surface area contributed by atoms with Crippen molar-refractivity contribution in [3.8, 4) is 16.9 Å². The fraction of sp³-hybridized carbons (Fsp3) is 0.375. The van der Waals surface area contributed by atoms with Crippen molar-refractivity contribution >= 4 is 26.5 Å². The van der Waals surface area contributed by atoms with Crippen LogP contribution < -0.4 is 15.0 Å². The van der Waals surface area contributed by atoms with Gasteiger partial charge in [-0.05, 0) is 42.8 Å². The Morgan fingerprint density at radius 2 is 1.87 bits per heavy atom. The predicted molar refractivity (Wildman–Crippen MR) is 123 cm³/mol. The highest BCUT2D eigenvalue weighted by Crippen LogP contribution is 2.45. The van der Waals surface area contributed by atoms with E-state index in [1.165, 1.54) is 12.8 Å². The Hall–Kier alpha value is -2.80. The van der Waals surface area contributed by atoms with E-state index in [9.17, 15) is 13.2 Å². The van der Waals surface area contributed by atoms with Crippen molar-refractivity contribution in [2.24, 2.45) is 13.0 Å². The van der Waals surface area contributed by atoms with Crippen molar-refractivity contribution in [3.05, 3.63) is 58.5 Å². The van der Waals surface area contributed by atoms with Gasteiger partial charge in [0.05, 0.1) is 5.75 Å². The Balaban J connectivity index is 1.70. The van der Waals surface area contributed by atoms with Gasteiger partial charge in [0.2, 0.25) is 10.0 Å². The lowest BCUT2D eigenvalue weighted by Gasteiger charge is -2.16. The van der Waals surface area contributed by atoms with E-state index in [1.807, 2.05) is 42.6 Å². The molecule has 0 unspecified atom stereocenters. The van der Waals surface area contributed by atoms with E-state index in [4.69, 9.17) is 4.74 Å². The van der Waals surface area contributed by atoms with Crippen LogP contribution in [0.4, 0.5) is 5.69 Å². The minimum Gasteiger partial charge on any atom is -0.489 e. The second kappa shape index (κ2) is 7.41. The van der Waals surface area contributed by atoms with Gasteiger partial charge < -0.3 is 9.30 Å². The zero-order chi connectivity index (χ0) is 21.8. The Labute approximate surface area is 181 Å². The zero-order valence-corrected chi connectivity index (χ0v) is 18.5. The highest BCUT2D eigenvalue weighted by molar-refractivity contribution is 7.92. The van der Waals surface area contributed by atoms with E-state index < -0.39 is 10.0 Å². The molecule has 5 rings (SSSR count). The molecule has 0 amide bonds. The molecule has 1 aliphatic heterocycles. The van der Waals surface area contributed by atoms with Crippen LogP contribution >= 0.6 is 0 Å². The average molecular weight is 439 g/mol. The maximum absolute atomic E-state index is 12.7. The number of hydrogen-bond acceptors (Lipinski definition) is 4. The van der Waals surface area contributed by atoms with Gasteiger partial charge in [-0.25, -0.2) is 8.42 Å². The Morgan fingerprint density at radius 3 is 2.58 bits per heavy atom. The fourth-order valence-corrected chi connectivity index (χ4v) is 5.05. The predicted octanol–water partition coefficient (Wildman–Crippen LogP) is 4.07. The lowest BCUT2D eigenvalue weighted by molar-refractivity contribution is 0.214. The molecule has 1 atom stereocenters. The second-order valence-corrected chi connectivity index (χ2v) is 10.7. The van der Waals surface area contributed by atoms with Gasteiger partial charge in [-0.1, -0.05) is 31.0 Å². The molecule has 1 aliphatic carbocycles. The highest BCUT2D eigenvalue weighted by Gasteiger charge is 2.33. The first-order chi connectivity index (χ1) is 14.8. The van der Waals surface area contributed by atoms with Gasteiger partial charge in [-0.3, -0.25) is 9.52 Å². The van der Waals surface area contributed by atoms with Gasteiger partial charge in [0, 0.05) is 47.4 Å². The van der Waals surface area contributed by atoms with Crippen LogP contribution in [0.2, 0.25) is 0 Å². The van der Waals surface area contributed by atoms with Crippen molar-refractivity contribution in [2.45, 2.75) is 38.7 Å². The average Bonchev–Trinajstić information content (AvgIpc) is 3.47. The molecule has 3 aromatic rings. The van der Waals surface area contributed by atoms with Crippen molar-refractivity contribution in [2.75, 3.05) is 10.5 Å². The molecule has 1 N–H and O–H groups in total. The Morgan fingerprint density at radius 1 is 1.13 bits per heavy atom. The Bertz CT molecular complexity index is 1340. The van der Waals surface area contributed by atoms with Crippen LogP contribution in [-0.2, 0) is 23.5 Å². The largest absolute Gasteiger partial charge is 0.489 e. The molecule has 162 valence electrons. The minimum absolute atomic E-state index is 0.00297. The molecule has 2 aliphatic rings. The number of hydrogen-bond donors (Lipinski definition) is 1. The topological polar surface area (TPSA) is 77.4 Å². The quantitative estimate of drug-likeness (QED) is 0.629. The van der Waals surface area contributed by atoms with Crippen LogP contribution in [-0.4, -0.2) is 24.8 Å². The van der Waals surface area contributed by atoms with Crippen LogP contribution in [0.5, 0.6) is 5.75 Å². The molecule has 0 saturated heterocycles. The van der Waals surface area contributed by atoms with Crippen LogP contribution in [0.3, 0.4) is 0 Å². The zero-order valence-electron chi connectivity index (χ0n) is 17.7. The molecule has 0 radical (unpaired) electrons. The number of ether oxygens (including phenoxy) is 1. The summed E-state index contributed by atoms with van der Waals surface area (Å²) < 4.78 is 35.2. The first-order valence-corrected chi connectivity index (χ1v) is 12.4. The van der Waals surface area contributed by atoms with Crippen molar-refractivity contribution < 1.29 is 13.2 Å². The number of aromatic nitrogens is 1. The molecule has 2 aromatic carbocycles. The molecule has 1 saturated carbocycles. The molecule has 7 heteroatoms. The van der Waals surface area contributed by atoms with E-state index in [1.54, 1.807) is 18.5 Å². The fourth-order valence-electron chi connectivity index (χ4n) is 4.43. The molecule has 31 heavy (non-hydrogen) atoms. The van der Waals surface area contributed by atoms with Gasteiger partial charge in [0.1, 0.15) is 11.9 Å².